The first kappa shape index (κ1) is 15.1. The predicted octanol–water partition coefficient (Wildman–Crippen LogP) is 4.46. The highest BCUT2D eigenvalue weighted by Gasteiger charge is 2.19. The summed E-state index contributed by atoms with van der Waals surface area (Å²) in [6.45, 7) is 6.13. The quantitative estimate of drug-likeness (QED) is 0.897. The Morgan fingerprint density at radius 1 is 1.05 bits per heavy atom. The minimum Gasteiger partial charge on any atom is -0.496 e. The van der Waals surface area contributed by atoms with Crippen molar-refractivity contribution in [2.75, 3.05) is 7.11 Å². The van der Waals surface area contributed by atoms with Gasteiger partial charge in [-0.3, -0.25) is 0 Å². The standard InChI is InChI=1S/C17H19BrO2/c1-10-7-11(2)16(12(3)8-10)17(19)14-6-5-13(18)9-15(14)20-4/h5-9,17,19H,1-4H3. The number of hydrogen-bond acceptors (Lipinski definition) is 2. The minimum absolute atomic E-state index is 0.682. The van der Waals surface area contributed by atoms with Crippen molar-refractivity contribution >= 4 is 15.9 Å². The monoisotopic (exact) mass is 334 g/mol. The average molecular weight is 335 g/mol. The maximum absolute atomic E-state index is 10.8. The van der Waals surface area contributed by atoms with Crippen LogP contribution in [0, 0.1) is 20.8 Å². The zero-order chi connectivity index (χ0) is 14.9. The number of methoxy groups -OCH3 is 1. The fourth-order valence-electron chi connectivity index (χ4n) is 2.69. The number of rotatable bonds is 3. The zero-order valence-electron chi connectivity index (χ0n) is 12.2. The Balaban J connectivity index is 2.54. The van der Waals surface area contributed by atoms with Crippen molar-refractivity contribution in [3.63, 3.8) is 0 Å². The van der Waals surface area contributed by atoms with Crippen LogP contribution in [0.2, 0.25) is 0 Å². The van der Waals surface area contributed by atoms with Gasteiger partial charge in [0.05, 0.1) is 7.11 Å². The summed E-state index contributed by atoms with van der Waals surface area (Å²) in [4.78, 5) is 0. The molecule has 2 nitrogen and oxygen atoms in total. The smallest absolute Gasteiger partial charge is 0.126 e. The molecule has 2 aromatic rings. The molecule has 1 N–H and O–H groups in total. The molecule has 0 spiro atoms. The van der Waals surface area contributed by atoms with Crippen molar-refractivity contribution in [1.82, 2.24) is 0 Å². The van der Waals surface area contributed by atoms with Gasteiger partial charge in [0.25, 0.3) is 0 Å². The molecule has 1 unspecified atom stereocenters. The van der Waals surface area contributed by atoms with Crippen molar-refractivity contribution in [2.24, 2.45) is 0 Å². The molecule has 2 aromatic carbocycles. The van der Waals surface area contributed by atoms with E-state index in [1.54, 1.807) is 7.11 Å². The SMILES string of the molecule is COc1cc(Br)ccc1C(O)c1c(C)cc(C)cc1C. The third-order valence-electron chi connectivity index (χ3n) is 3.50. The number of aliphatic hydroxyl groups is 1. The highest BCUT2D eigenvalue weighted by Crippen LogP contribution is 2.35. The van der Waals surface area contributed by atoms with Crippen molar-refractivity contribution in [2.45, 2.75) is 26.9 Å². The van der Waals surface area contributed by atoms with Crippen LogP contribution < -0.4 is 4.74 Å². The molecule has 0 saturated heterocycles. The van der Waals surface area contributed by atoms with Crippen LogP contribution in [-0.2, 0) is 0 Å². The molecule has 0 aliphatic rings. The molecule has 1 atom stereocenters. The van der Waals surface area contributed by atoms with E-state index < -0.39 is 6.10 Å². The second kappa shape index (κ2) is 5.98. The normalized spacial score (nSPS) is 12.3. The van der Waals surface area contributed by atoms with Crippen molar-refractivity contribution in [3.05, 3.63) is 62.6 Å². The van der Waals surface area contributed by atoms with Crippen molar-refractivity contribution in [1.29, 1.82) is 0 Å². The van der Waals surface area contributed by atoms with E-state index in [4.69, 9.17) is 4.74 Å². The molecule has 0 aliphatic carbocycles. The van der Waals surface area contributed by atoms with Gasteiger partial charge in [-0.1, -0.05) is 39.7 Å². The second-order valence-electron chi connectivity index (χ2n) is 5.10. The van der Waals surface area contributed by atoms with Crippen LogP contribution >= 0.6 is 15.9 Å². The van der Waals surface area contributed by atoms with Gasteiger partial charge in [0.15, 0.2) is 0 Å². The number of benzene rings is 2. The molecule has 0 aliphatic heterocycles. The predicted molar refractivity (Wildman–Crippen MR) is 85.4 cm³/mol. The Labute approximate surface area is 128 Å². The third-order valence-corrected chi connectivity index (χ3v) is 3.99. The van der Waals surface area contributed by atoms with E-state index in [9.17, 15) is 5.11 Å². The lowest BCUT2D eigenvalue weighted by Crippen LogP contribution is -2.07. The van der Waals surface area contributed by atoms with E-state index >= 15 is 0 Å². The summed E-state index contributed by atoms with van der Waals surface area (Å²) in [5.74, 6) is 0.686. The van der Waals surface area contributed by atoms with E-state index in [-0.39, 0.29) is 0 Å². The first-order valence-corrected chi connectivity index (χ1v) is 7.32. The summed E-state index contributed by atoms with van der Waals surface area (Å²) in [7, 11) is 1.62. The highest BCUT2D eigenvalue weighted by atomic mass is 79.9. The number of ether oxygens (including phenoxy) is 1. The Morgan fingerprint density at radius 3 is 2.20 bits per heavy atom. The molecule has 106 valence electrons. The lowest BCUT2D eigenvalue weighted by atomic mass is 9.91. The van der Waals surface area contributed by atoms with E-state index in [1.807, 2.05) is 32.0 Å². The molecule has 0 saturated carbocycles. The first-order chi connectivity index (χ1) is 9.43. The van der Waals surface area contributed by atoms with Crippen molar-refractivity contribution < 1.29 is 9.84 Å². The summed E-state index contributed by atoms with van der Waals surface area (Å²) in [5, 5.41) is 10.8. The zero-order valence-corrected chi connectivity index (χ0v) is 13.8. The second-order valence-corrected chi connectivity index (χ2v) is 6.02. The Morgan fingerprint density at radius 2 is 1.65 bits per heavy atom. The van der Waals surface area contributed by atoms with Gasteiger partial charge >= 0.3 is 0 Å². The largest absolute Gasteiger partial charge is 0.496 e. The van der Waals surface area contributed by atoms with Crippen LogP contribution in [0.4, 0.5) is 0 Å². The maximum atomic E-state index is 10.8. The highest BCUT2D eigenvalue weighted by molar-refractivity contribution is 9.10. The summed E-state index contributed by atoms with van der Waals surface area (Å²) in [6.07, 6.45) is -0.682. The van der Waals surface area contributed by atoms with Gasteiger partial charge in [-0.2, -0.15) is 0 Å². The van der Waals surface area contributed by atoms with E-state index in [0.29, 0.717) is 5.75 Å². The van der Waals surface area contributed by atoms with Crippen molar-refractivity contribution in [3.8, 4) is 5.75 Å². The molecule has 0 aromatic heterocycles. The van der Waals surface area contributed by atoms with Gasteiger partial charge in [0.2, 0.25) is 0 Å². The van der Waals surface area contributed by atoms with Crippen LogP contribution in [0.15, 0.2) is 34.8 Å². The van der Waals surface area contributed by atoms with Gasteiger partial charge in [-0.05, 0) is 49.6 Å². The Kier molecular flexibility index (Phi) is 4.51. The van der Waals surface area contributed by atoms with E-state index in [1.165, 1.54) is 5.56 Å². The summed E-state index contributed by atoms with van der Waals surface area (Å²) in [6, 6.07) is 9.87. The van der Waals surface area contributed by atoms with Gasteiger partial charge in [0.1, 0.15) is 11.9 Å². The summed E-state index contributed by atoms with van der Waals surface area (Å²) in [5.41, 5.74) is 5.14. The first-order valence-electron chi connectivity index (χ1n) is 6.53. The molecule has 2 rings (SSSR count). The molecular weight excluding hydrogens is 316 g/mol. The fourth-order valence-corrected chi connectivity index (χ4v) is 3.03. The van der Waals surface area contributed by atoms with Gasteiger partial charge in [-0.25, -0.2) is 0 Å². The van der Waals surface area contributed by atoms with Gasteiger partial charge in [-0.15, -0.1) is 0 Å². The number of hydrogen-bond donors (Lipinski definition) is 1. The lowest BCUT2D eigenvalue weighted by Gasteiger charge is -2.20. The molecular formula is C17H19BrO2. The molecule has 0 bridgehead atoms. The number of aliphatic hydroxyl groups excluding tert-OH is 1. The Bertz CT molecular complexity index is 612. The molecule has 0 heterocycles. The lowest BCUT2D eigenvalue weighted by molar-refractivity contribution is 0.213. The molecule has 0 amide bonds. The fraction of sp³-hybridized carbons (Fsp3) is 0.294. The number of halogens is 1. The minimum atomic E-state index is -0.682. The summed E-state index contributed by atoms with van der Waals surface area (Å²) < 4.78 is 6.32. The van der Waals surface area contributed by atoms with Crippen LogP contribution in [0.25, 0.3) is 0 Å². The van der Waals surface area contributed by atoms with E-state index in [0.717, 1.165) is 26.7 Å². The topological polar surface area (TPSA) is 29.5 Å². The van der Waals surface area contributed by atoms with Gasteiger partial charge < -0.3 is 9.84 Å². The molecule has 20 heavy (non-hydrogen) atoms. The van der Waals surface area contributed by atoms with Crippen LogP contribution in [-0.4, -0.2) is 12.2 Å². The average Bonchev–Trinajstić information content (AvgIpc) is 2.37. The van der Waals surface area contributed by atoms with Crippen LogP contribution in [0.1, 0.15) is 33.9 Å². The number of aryl methyl sites for hydroxylation is 3. The van der Waals surface area contributed by atoms with Gasteiger partial charge in [0, 0.05) is 10.0 Å². The third kappa shape index (κ3) is 2.89. The van der Waals surface area contributed by atoms with E-state index in [2.05, 4.69) is 35.0 Å². The molecule has 0 radical (unpaired) electrons. The molecule has 3 heteroatoms. The van der Waals surface area contributed by atoms with Crippen LogP contribution in [0.5, 0.6) is 5.75 Å². The van der Waals surface area contributed by atoms with Crippen LogP contribution in [0.3, 0.4) is 0 Å². The maximum Gasteiger partial charge on any atom is 0.126 e. The Hall–Kier alpha value is -1.32. The summed E-state index contributed by atoms with van der Waals surface area (Å²) >= 11 is 3.42. The molecule has 0 fully saturated rings.